The fraction of sp³-hybridized carbons (Fsp3) is 0. The molecule has 1 aliphatic rings. The van der Waals surface area contributed by atoms with Gasteiger partial charge in [0, 0.05) is 3.57 Å². The quantitative estimate of drug-likeness (QED) is 0.560. The van der Waals surface area contributed by atoms with Gasteiger partial charge < -0.3 is 0 Å². The van der Waals surface area contributed by atoms with E-state index in [2.05, 4.69) is 0 Å². The van der Waals surface area contributed by atoms with Crippen molar-refractivity contribution in [3.8, 4) is 0 Å². The van der Waals surface area contributed by atoms with Crippen LogP contribution in [-0.2, 0) is 10.0 Å². The third kappa shape index (κ3) is 2.16. The molecule has 1 aliphatic heterocycles. The number of nitrogens with zero attached hydrogens (tertiary/aromatic N) is 1. The minimum absolute atomic E-state index is 0.0857. The molecule has 0 bridgehead atoms. The molecule has 0 fully saturated rings. The topological polar surface area (TPSA) is 71.5 Å². The average molecular weight is 413 g/mol. The molecule has 0 spiro atoms. The number of sulfonamides is 1. The highest BCUT2D eigenvalue weighted by atomic mass is 127. The van der Waals surface area contributed by atoms with Gasteiger partial charge in [0.1, 0.15) is 0 Å². The van der Waals surface area contributed by atoms with Gasteiger partial charge in [-0.25, -0.2) is 8.42 Å². The highest BCUT2D eigenvalue weighted by Crippen LogP contribution is 2.28. The first-order valence-electron chi connectivity index (χ1n) is 5.91. The highest BCUT2D eigenvalue weighted by molar-refractivity contribution is 14.1. The zero-order valence-corrected chi connectivity index (χ0v) is 13.5. The maximum atomic E-state index is 12.5. The van der Waals surface area contributed by atoms with Crippen molar-refractivity contribution in [2.45, 2.75) is 4.90 Å². The molecule has 0 saturated carbocycles. The van der Waals surface area contributed by atoms with Gasteiger partial charge in [-0.1, -0.05) is 12.1 Å². The number of carbonyl (C=O) groups excluding carboxylic acids is 2. The molecule has 3 rings (SSSR count). The maximum Gasteiger partial charge on any atom is 0.275 e. The smallest absolute Gasteiger partial charge is 0.267 e. The van der Waals surface area contributed by atoms with Gasteiger partial charge in [-0.05, 0) is 59.0 Å². The molecule has 0 saturated heterocycles. The zero-order chi connectivity index (χ0) is 15.2. The second kappa shape index (κ2) is 4.92. The number of amides is 2. The van der Waals surface area contributed by atoms with Crippen molar-refractivity contribution in [2.75, 3.05) is 0 Å². The lowest BCUT2D eigenvalue weighted by atomic mass is 10.1. The van der Waals surface area contributed by atoms with E-state index in [1.165, 1.54) is 24.3 Å². The number of hydrogen-bond donors (Lipinski definition) is 0. The summed E-state index contributed by atoms with van der Waals surface area (Å²) in [4.78, 5) is 24.4. The molecule has 0 unspecified atom stereocenters. The molecule has 2 aromatic rings. The Hall–Kier alpha value is -1.74. The summed E-state index contributed by atoms with van der Waals surface area (Å²) in [5, 5.41) is 0. The SMILES string of the molecule is O=C1c2ccccc2C(=O)N1S(=O)(=O)c1ccc(I)cc1. The van der Waals surface area contributed by atoms with Gasteiger partial charge in [0.25, 0.3) is 21.8 Å². The van der Waals surface area contributed by atoms with E-state index in [4.69, 9.17) is 0 Å². The molecule has 0 aliphatic carbocycles. The third-order valence-corrected chi connectivity index (χ3v) is 5.51. The Morgan fingerprint density at radius 2 is 1.29 bits per heavy atom. The van der Waals surface area contributed by atoms with E-state index in [9.17, 15) is 18.0 Å². The molecule has 0 atom stereocenters. The number of fused-ring (bicyclic) bond motifs is 1. The molecular formula is C14H8INO4S. The Labute approximate surface area is 134 Å². The van der Waals surface area contributed by atoms with Gasteiger partial charge in [-0.15, -0.1) is 0 Å². The molecule has 1 heterocycles. The molecule has 2 aromatic carbocycles. The highest BCUT2D eigenvalue weighted by Gasteiger charge is 2.43. The average Bonchev–Trinajstić information content (AvgIpc) is 2.72. The molecule has 21 heavy (non-hydrogen) atoms. The van der Waals surface area contributed by atoms with Gasteiger partial charge in [0.05, 0.1) is 16.0 Å². The van der Waals surface area contributed by atoms with Crippen LogP contribution in [0.2, 0.25) is 0 Å². The van der Waals surface area contributed by atoms with Crippen LogP contribution >= 0.6 is 22.6 Å². The van der Waals surface area contributed by atoms with Gasteiger partial charge in [-0.3, -0.25) is 9.59 Å². The van der Waals surface area contributed by atoms with Crippen molar-refractivity contribution in [3.63, 3.8) is 0 Å². The zero-order valence-electron chi connectivity index (χ0n) is 10.5. The molecule has 7 heteroatoms. The van der Waals surface area contributed by atoms with Crippen molar-refractivity contribution in [1.29, 1.82) is 0 Å². The second-order valence-corrected chi connectivity index (χ2v) is 7.41. The molecule has 106 valence electrons. The summed E-state index contributed by atoms with van der Waals surface area (Å²) >= 11 is 2.04. The lowest BCUT2D eigenvalue weighted by molar-refractivity contribution is 0.0765. The number of halogens is 1. The molecule has 2 amide bonds. The largest absolute Gasteiger partial charge is 0.275 e. The number of carbonyl (C=O) groups is 2. The standard InChI is InChI=1S/C14H8INO4S/c15-9-5-7-10(8-6-9)21(19,20)16-13(17)11-3-1-2-4-12(11)14(16)18/h1-8H. The van der Waals surface area contributed by atoms with Crippen molar-refractivity contribution in [2.24, 2.45) is 0 Å². The van der Waals surface area contributed by atoms with Crippen LogP contribution in [0.15, 0.2) is 53.4 Å². The van der Waals surface area contributed by atoms with Crippen LogP contribution in [0.4, 0.5) is 0 Å². The fourth-order valence-electron chi connectivity index (χ4n) is 2.10. The molecular weight excluding hydrogens is 405 g/mol. The fourth-order valence-corrected chi connectivity index (χ4v) is 3.78. The van der Waals surface area contributed by atoms with E-state index in [-0.39, 0.29) is 16.0 Å². The Morgan fingerprint density at radius 1 is 0.810 bits per heavy atom. The first-order valence-corrected chi connectivity index (χ1v) is 8.43. The van der Waals surface area contributed by atoms with Crippen molar-refractivity contribution < 1.29 is 18.0 Å². The maximum absolute atomic E-state index is 12.5. The Balaban J connectivity index is 2.12. The lowest BCUT2D eigenvalue weighted by Gasteiger charge is -2.14. The summed E-state index contributed by atoms with van der Waals surface area (Å²) in [6, 6.07) is 12.0. The number of rotatable bonds is 2. The monoisotopic (exact) mass is 413 g/mol. The predicted octanol–water partition coefficient (Wildman–Crippen LogP) is 2.28. The Bertz CT molecular complexity index is 824. The minimum atomic E-state index is -4.19. The van der Waals surface area contributed by atoms with E-state index in [0.29, 0.717) is 4.31 Å². The first kappa shape index (κ1) is 14.2. The Morgan fingerprint density at radius 3 is 1.76 bits per heavy atom. The summed E-state index contributed by atoms with van der Waals surface area (Å²) in [5.74, 6) is -1.62. The van der Waals surface area contributed by atoms with Crippen molar-refractivity contribution in [3.05, 3.63) is 63.2 Å². The summed E-state index contributed by atoms with van der Waals surface area (Å²) < 4.78 is 26.2. The van der Waals surface area contributed by atoms with Crippen LogP contribution < -0.4 is 0 Å². The van der Waals surface area contributed by atoms with Crippen LogP contribution in [0.3, 0.4) is 0 Å². The minimum Gasteiger partial charge on any atom is -0.267 e. The normalized spacial score (nSPS) is 14.4. The van der Waals surface area contributed by atoms with Crippen LogP contribution in [0.5, 0.6) is 0 Å². The van der Waals surface area contributed by atoms with Gasteiger partial charge in [0.15, 0.2) is 0 Å². The molecule has 0 radical (unpaired) electrons. The van der Waals surface area contributed by atoms with Gasteiger partial charge in [0.2, 0.25) is 0 Å². The predicted molar refractivity (Wildman–Crippen MR) is 83.3 cm³/mol. The van der Waals surface area contributed by atoms with Crippen LogP contribution in [-0.4, -0.2) is 24.5 Å². The second-order valence-electron chi connectivity index (χ2n) is 4.38. The summed E-state index contributed by atoms with van der Waals surface area (Å²) in [6.07, 6.45) is 0. The van der Waals surface area contributed by atoms with Crippen LogP contribution in [0.25, 0.3) is 0 Å². The van der Waals surface area contributed by atoms with Gasteiger partial charge in [-0.2, -0.15) is 4.31 Å². The first-order chi connectivity index (χ1) is 9.93. The summed E-state index contributed by atoms with van der Waals surface area (Å²) in [7, 11) is -4.19. The Kier molecular flexibility index (Phi) is 3.33. The summed E-state index contributed by atoms with van der Waals surface area (Å²) in [6.45, 7) is 0. The van der Waals surface area contributed by atoms with Crippen LogP contribution in [0.1, 0.15) is 20.7 Å². The molecule has 0 aromatic heterocycles. The van der Waals surface area contributed by atoms with E-state index in [1.54, 1.807) is 24.3 Å². The van der Waals surface area contributed by atoms with E-state index < -0.39 is 21.8 Å². The van der Waals surface area contributed by atoms with E-state index in [1.807, 2.05) is 22.6 Å². The number of hydrogen-bond acceptors (Lipinski definition) is 4. The van der Waals surface area contributed by atoms with E-state index >= 15 is 0 Å². The van der Waals surface area contributed by atoms with Crippen molar-refractivity contribution >= 4 is 44.4 Å². The van der Waals surface area contributed by atoms with Crippen molar-refractivity contribution in [1.82, 2.24) is 4.31 Å². The molecule has 0 N–H and O–H groups in total. The number of imide groups is 1. The molecule has 5 nitrogen and oxygen atoms in total. The third-order valence-electron chi connectivity index (χ3n) is 3.11. The van der Waals surface area contributed by atoms with E-state index in [0.717, 1.165) is 3.57 Å². The van der Waals surface area contributed by atoms with Gasteiger partial charge >= 0.3 is 0 Å². The summed E-state index contributed by atoms with van der Waals surface area (Å²) in [5.41, 5.74) is 0.216. The van der Waals surface area contributed by atoms with Crippen LogP contribution in [0, 0.1) is 3.57 Å². The number of benzene rings is 2. The lowest BCUT2D eigenvalue weighted by Crippen LogP contribution is -2.36.